The van der Waals surface area contributed by atoms with Gasteiger partial charge in [0.05, 0.1) is 26.7 Å². The second kappa shape index (κ2) is 7.03. The smallest absolute Gasteiger partial charge is 0.221 e. The highest BCUT2D eigenvalue weighted by molar-refractivity contribution is 7.22. The summed E-state index contributed by atoms with van der Waals surface area (Å²) in [4.78, 5) is 19.4. The van der Waals surface area contributed by atoms with Crippen molar-refractivity contribution in [2.45, 2.75) is 39.9 Å². The summed E-state index contributed by atoms with van der Waals surface area (Å²) in [6, 6.07) is 8.81. The summed E-state index contributed by atoms with van der Waals surface area (Å²) < 4.78 is 1.19. The van der Waals surface area contributed by atoms with E-state index in [-0.39, 0.29) is 18.3 Å². The zero-order chi connectivity index (χ0) is 16.8. The summed E-state index contributed by atoms with van der Waals surface area (Å²) in [5, 5.41) is 5.00. The Hall–Kier alpha value is -1.47. The number of hydrogen-bond donors (Lipinski definition) is 2. The number of halogens is 1. The number of fused-ring (bicyclic) bond motifs is 2. The number of thiophene rings is 1. The Morgan fingerprint density at radius 3 is 2.68 bits per heavy atom. The highest BCUT2D eigenvalue weighted by Gasteiger charge is 2.33. The highest BCUT2D eigenvalue weighted by Crippen LogP contribution is 2.44. The molecule has 1 aliphatic heterocycles. The molecule has 0 fully saturated rings. The third-order valence-corrected chi connectivity index (χ3v) is 6.70. The van der Waals surface area contributed by atoms with Gasteiger partial charge in [-0.1, -0.05) is 12.1 Å². The van der Waals surface area contributed by atoms with E-state index in [1.807, 2.05) is 18.2 Å². The molecule has 4 nitrogen and oxygen atoms in total. The quantitative estimate of drug-likeness (QED) is 0.672. The normalized spacial score (nSPS) is 16.1. The maximum Gasteiger partial charge on any atom is 0.221 e. The SMILES string of the molecule is CC(=O)Nc1sc2c(c1-c1nc3ccccc3s1)C[NH+](C(C)C)C2.[Cl-]. The van der Waals surface area contributed by atoms with Crippen molar-refractivity contribution in [3.8, 4) is 10.6 Å². The van der Waals surface area contributed by atoms with E-state index in [2.05, 4.69) is 25.2 Å². The van der Waals surface area contributed by atoms with Crippen LogP contribution in [0.4, 0.5) is 5.00 Å². The number of nitrogens with zero attached hydrogens (tertiary/aromatic N) is 1. The van der Waals surface area contributed by atoms with E-state index in [1.165, 1.54) is 15.1 Å². The molecule has 1 aromatic carbocycles. The number of aromatic nitrogens is 1. The van der Waals surface area contributed by atoms with Crippen LogP contribution in [0.2, 0.25) is 0 Å². The van der Waals surface area contributed by atoms with E-state index in [1.54, 1.807) is 34.5 Å². The Morgan fingerprint density at radius 1 is 1.24 bits per heavy atom. The van der Waals surface area contributed by atoms with Crippen LogP contribution >= 0.6 is 22.7 Å². The van der Waals surface area contributed by atoms with Crippen molar-refractivity contribution < 1.29 is 22.1 Å². The number of thiazole rings is 1. The lowest BCUT2D eigenvalue weighted by Crippen LogP contribution is -3.10. The molecule has 3 aromatic rings. The van der Waals surface area contributed by atoms with Gasteiger partial charge in [0.2, 0.25) is 5.91 Å². The van der Waals surface area contributed by atoms with Crippen LogP contribution < -0.4 is 22.6 Å². The van der Waals surface area contributed by atoms with E-state index < -0.39 is 0 Å². The van der Waals surface area contributed by atoms with Gasteiger partial charge >= 0.3 is 0 Å². The van der Waals surface area contributed by atoms with Crippen LogP contribution in [-0.2, 0) is 17.9 Å². The number of nitrogens with one attached hydrogen (secondary N) is 2. The average molecular weight is 394 g/mol. The predicted octanol–water partition coefficient (Wildman–Crippen LogP) is 0.294. The van der Waals surface area contributed by atoms with E-state index in [9.17, 15) is 4.79 Å². The second-order valence-electron chi connectivity index (χ2n) is 6.54. The minimum atomic E-state index is -0.0228. The summed E-state index contributed by atoms with van der Waals surface area (Å²) >= 11 is 3.42. The molecule has 1 aliphatic rings. The largest absolute Gasteiger partial charge is 1.00 e. The molecule has 0 bridgehead atoms. The van der Waals surface area contributed by atoms with E-state index in [4.69, 9.17) is 4.98 Å². The Balaban J connectivity index is 0.00000182. The fourth-order valence-corrected chi connectivity index (χ4v) is 5.63. The van der Waals surface area contributed by atoms with Gasteiger partial charge in [0.15, 0.2) is 0 Å². The number of amides is 1. The first kappa shape index (κ1) is 18.3. The summed E-state index contributed by atoms with van der Waals surface area (Å²) in [6.07, 6.45) is 0. The van der Waals surface area contributed by atoms with Crippen molar-refractivity contribution in [1.29, 1.82) is 0 Å². The van der Waals surface area contributed by atoms with Crippen LogP contribution in [-0.4, -0.2) is 16.9 Å². The van der Waals surface area contributed by atoms with Gasteiger partial charge in [-0.25, -0.2) is 4.98 Å². The van der Waals surface area contributed by atoms with Gasteiger partial charge in [0, 0.05) is 12.5 Å². The average Bonchev–Trinajstić information content (AvgIpc) is 3.17. The number of anilines is 1. The minimum absolute atomic E-state index is 0. The molecule has 1 atom stereocenters. The van der Waals surface area contributed by atoms with Crippen LogP contribution in [0.1, 0.15) is 31.2 Å². The first-order valence-electron chi connectivity index (χ1n) is 8.15. The predicted molar refractivity (Wildman–Crippen MR) is 101 cm³/mol. The molecule has 2 aromatic heterocycles. The molecular formula is C18H20ClN3OS2. The van der Waals surface area contributed by atoms with Gasteiger partial charge < -0.3 is 22.6 Å². The van der Waals surface area contributed by atoms with Crippen molar-refractivity contribution in [2.24, 2.45) is 0 Å². The van der Waals surface area contributed by atoms with Crippen molar-refractivity contribution in [1.82, 2.24) is 4.98 Å². The molecular weight excluding hydrogens is 374 g/mol. The first-order valence-corrected chi connectivity index (χ1v) is 9.79. The second-order valence-corrected chi connectivity index (χ2v) is 8.68. The van der Waals surface area contributed by atoms with E-state index in [0.717, 1.165) is 34.2 Å². The lowest BCUT2D eigenvalue weighted by Gasteiger charge is -2.17. The Kier molecular flexibility index (Phi) is 5.16. The molecule has 3 heterocycles. The maximum atomic E-state index is 11.6. The van der Waals surface area contributed by atoms with E-state index in [0.29, 0.717) is 6.04 Å². The fraction of sp³-hybridized carbons (Fsp3) is 0.333. The lowest BCUT2D eigenvalue weighted by atomic mass is 10.1. The van der Waals surface area contributed by atoms with Gasteiger partial charge in [-0.3, -0.25) is 4.79 Å². The first-order chi connectivity index (χ1) is 11.5. The van der Waals surface area contributed by atoms with Gasteiger partial charge in [-0.2, -0.15) is 0 Å². The number of carbonyl (C=O) groups is 1. The van der Waals surface area contributed by atoms with E-state index >= 15 is 0 Å². The van der Waals surface area contributed by atoms with Gasteiger partial charge in [0.1, 0.15) is 23.1 Å². The summed E-state index contributed by atoms with van der Waals surface area (Å²) in [7, 11) is 0. The minimum Gasteiger partial charge on any atom is -1.00 e. The molecule has 0 saturated heterocycles. The summed E-state index contributed by atoms with van der Waals surface area (Å²) in [6.45, 7) is 8.14. The van der Waals surface area contributed by atoms with Gasteiger partial charge in [-0.15, -0.1) is 22.7 Å². The fourth-order valence-electron chi connectivity index (χ4n) is 3.20. The molecule has 0 aliphatic carbocycles. The van der Waals surface area contributed by atoms with Crippen molar-refractivity contribution in [3.05, 3.63) is 34.7 Å². The Bertz CT molecular complexity index is 899. The molecule has 7 heteroatoms. The standard InChI is InChI=1S/C18H19N3OS2.ClH/c1-10(2)21-8-12-15(9-21)24-17(19-11(3)22)16(12)18-20-13-6-4-5-7-14(13)23-18;/h4-7,10H,8-9H2,1-3H3,(H,19,22);1H. The van der Waals surface area contributed by atoms with Gasteiger partial charge in [-0.05, 0) is 26.0 Å². The maximum absolute atomic E-state index is 11.6. The monoisotopic (exact) mass is 393 g/mol. The molecule has 0 spiro atoms. The number of quaternary nitrogens is 1. The third-order valence-electron chi connectivity index (χ3n) is 4.50. The molecule has 0 radical (unpaired) electrons. The van der Waals surface area contributed by atoms with Crippen LogP contribution in [0.3, 0.4) is 0 Å². The molecule has 1 unspecified atom stereocenters. The molecule has 0 saturated carbocycles. The zero-order valence-corrected chi connectivity index (χ0v) is 16.7. The number of rotatable bonds is 3. The number of carbonyl (C=O) groups excluding carboxylic acids is 1. The molecule has 132 valence electrons. The number of hydrogen-bond acceptors (Lipinski definition) is 4. The van der Waals surface area contributed by atoms with Crippen molar-refractivity contribution in [2.75, 3.05) is 5.32 Å². The van der Waals surface area contributed by atoms with Crippen LogP contribution in [0.25, 0.3) is 20.8 Å². The Morgan fingerprint density at radius 2 is 2.00 bits per heavy atom. The lowest BCUT2D eigenvalue weighted by molar-refractivity contribution is -0.941. The number of benzene rings is 1. The summed E-state index contributed by atoms with van der Waals surface area (Å²) in [5.41, 5.74) is 3.53. The van der Waals surface area contributed by atoms with Crippen LogP contribution in [0, 0.1) is 0 Å². The van der Waals surface area contributed by atoms with Crippen LogP contribution in [0.15, 0.2) is 24.3 Å². The number of para-hydroxylation sites is 1. The zero-order valence-electron chi connectivity index (χ0n) is 14.4. The topological polar surface area (TPSA) is 46.4 Å². The third kappa shape index (κ3) is 3.31. The summed E-state index contributed by atoms with van der Waals surface area (Å²) in [5.74, 6) is -0.0228. The molecule has 1 amide bonds. The van der Waals surface area contributed by atoms with Crippen LogP contribution in [0.5, 0.6) is 0 Å². The molecule has 25 heavy (non-hydrogen) atoms. The molecule has 4 rings (SSSR count). The Labute approximate surface area is 161 Å². The van der Waals surface area contributed by atoms with Crippen molar-refractivity contribution in [3.63, 3.8) is 0 Å². The molecule has 2 N–H and O–H groups in total. The highest BCUT2D eigenvalue weighted by atomic mass is 35.5. The van der Waals surface area contributed by atoms with Gasteiger partial charge in [0.25, 0.3) is 0 Å². The van der Waals surface area contributed by atoms with Crippen molar-refractivity contribution >= 4 is 43.8 Å².